The fraction of sp³-hybridized carbons (Fsp3) is 0.318. The first-order valence-corrected chi connectivity index (χ1v) is 9.50. The molecular formula is C22H24ClN3O3. The van der Waals surface area contributed by atoms with Gasteiger partial charge in [-0.3, -0.25) is 19.3 Å². The maximum absolute atomic E-state index is 12.7. The van der Waals surface area contributed by atoms with Gasteiger partial charge in [0.05, 0.1) is 23.2 Å². The van der Waals surface area contributed by atoms with Crippen LogP contribution < -0.4 is 11.1 Å². The van der Waals surface area contributed by atoms with Gasteiger partial charge in [0.25, 0.3) is 17.7 Å². The molecule has 2 aromatic rings. The first-order valence-electron chi connectivity index (χ1n) is 9.50. The molecule has 1 unspecified atom stereocenters. The Kier molecular flexibility index (Phi) is 5.78. The summed E-state index contributed by atoms with van der Waals surface area (Å²) < 4.78 is 0. The van der Waals surface area contributed by atoms with Gasteiger partial charge in [-0.15, -0.1) is 12.4 Å². The smallest absolute Gasteiger partial charge is 0.261 e. The van der Waals surface area contributed by atoms with Crippen molar-refractivity contribution >= 4 is 30.1 Å². The minimum absolute atomic E-state index is 0. The minimum Gasteiger partial charge on any atom is -0.345 e. The van der Waals surface area contributed by atoms with Crippen molar-refractivity contribution in [3.8, 4) is 0 Å². The van der Waals surface area contributed by atoms with Crippen molar-refractivity contribution in [2.75, 3.05) is 6.54 Å². The van der Waals surface area contributed by atoms with Gasteiger partial charge >= 0.3 is 0 Å². The highest BCUT2D eigenvalue weighted by Crippen LogP contribution is 2.39. The van der Waals surface area contributed by atoms with Crippen molar-refractivity contribution in [2.45, 2.75) is 31.8 Å². The molecule has 1 aliphatic heterocycles. The van der Waals surface area contributed by atoms with E-state index in [1.54, 1.807) is 42.5 Å². The Morgan fingerprint density at radius 3 is 2.28 bits per heavy atom. The molecule has 2 aromatic carbocycles. The topological polar surface area (TPSA) is 92.5 Å². The predicted molar refractivity (Wildman–Crippen MR) is 112 cm³/mol. The molecule has 1 aliphatic carbocycles. The number of halogens is 1. The lowest BCUT2D eigenvalue weighted by Gasteiger charge is -2.29. The lowest BCUT2D eigenvalue weighted by atomic mass is 9.95. The SMILES string of the molecule is CC(CN)(NC(=O)c1cccc(CN2C(=O)c3ccccc3C2=O)c1)C1CC1.Cl. The molecule has 7 heteroatoms. The van der Waals surface area contributed by atoms with E-state index in [9.17, 15) is 14.4 Å². The van der Waals surface area contributed by atoms with Gasteiger partial charge in [0.15, 0.2) is 0 Å². The maximum atomic E-state index is 12.7. The van der Waals surface area contributed by atoms with Crippen LogP contribution in [0.1, 0.15) is 56.4 Å². The molecule has 29 heavy (non-hydrogen) atoms. The lowest BCUT2D eigenvalue weighted by molar-refractivity contribution is 0.0642. The zero-order valence-corrected chi connectivity index (χ0v) is 17.0. The highest BCUT2D eigenvalue weighted by atomic mass is 35.5. The second-order valence-electron chi connectivity index (χ2n) is 7.79. The van der Waals surface area contributed by atoms with Crippen LogP contribution in [0, 0.1) is 5.92 Å². The van der Waals surface area contributed by atoms with Gasteiger partial charge < -0.3 is 11.1 Å². The van der Waals surface area contributed by atoms with Crippen molar-refractivity contribution in [2.24, 2.45) is 11.7 Å². The first-order chi connectivity index (χ1) is 13.4. The van der Waals surface area contributed by atoms with Crippen LogP contribution in [0.4, 0.5) is 0 Å². The molecule has 3 N–H and O–H groups in total. The molecule has 1 fully saturated rings. The zero-order valence-electron chi connectivity index (χ0n) is 16.2. The number of nitrogens with zero attached hydrogens (tertiary/aromatic N) is 1. The van der Waals surface area contributed by atoms with Gasteiger partial charge in [0, 0.05) is 12.1 Å². The summed E-state index contributed by atoms with van der Waals surface area (Å²) in [7, 11) is 0. The van der Waals surface area contributed by atoms with E-state index in [1.165, 1.54) is 4.90 Å². The van der Waals surface area contributed by atoms with Crippen LogP contribution in [-0.4, -0.2) is 34.7 Å². The molecule has 0 radical (unpaired) electrons. The molecular weight excluding hydrogens is 390 g/mol. The normalized spacial score (nSPS) is 17.4. The average molecular weight is 414 g/mol. The number of hydrogen-bond donors (Lipinski definition) is 2. The number of fused-ring (bicyclic) bond motifs is 1. The Labute approximate surface area is 175 Å². The molecule has 152 valence electrons. The summed E-state index contributed by atoms with van der Waals surface area (Å²) in [4.78, 5) is 39.1. The van der Waals surface area contributed by atoms with Gasteiger partial charge in [-0.25, -0.2) is 0 Å². The highest BCUT2D eigenvalue weighted by Gasteiger charge is 2.41. The second kappa shape index (κ2) is 7.97. The third kappa shape index (κ3) is 3.91. The van der Waals surface area contributed by atoms with Crippen molar-refractivity contribution in [1.29, 1.82) is 0 Å². The molecule has 1 atom stereocenters. The van der Waals surface area contributed by atoms with Crippen LogP contribution in [0.15, 0.2) is 48.5 Å². The molecule has 0 spiro atoms. The number of amides is 3. The fourth-order valence-corrected chi connectivity index (χ4v) is 3.75. The molecule has 6 nitrogen and oxygen atoms in total. The number of carbonyl (C=O) groups is 3. The van der Waals surface area contributed by atoms with Crippen LogP contribution in [0.25, 0.3) is 0 Å². The minimum atomic E-state index is -0.407. The Balaban J connectivity index is 0.00000240. The van der Waals surface area contributed by atoms with Crippen molar-refractivity contribution in [1.82, 2.24) is 10.2 Å². The van der Waals surface area contributed by atoms with Gasteiger partial charge in [-0.2, -0.15) is 0 Å². The lowest BCUT2D eigenvalue weighted by Crippen LogP contribution is -2.53. The van der Waals surface area contributed by atoms with Crippen LogP contribution >= 0.6 is 12.4 Å². The monoisotopic (exact) mass is 413 g/mol. The van der Waals surface area contributed by atoms with Crippen molar-refractivity contribution in [3.63, 3.8) is 0 Å². The number of benzene rings is 2. The number of nitrogens with two attached hydrogens (primary N) is 1. The number of hydrogen-bond acceptors (Lipinski definition) is 4. The third-order valence-electron chi connectivity index (χ3n) is 5.71. The molecule has 1 saturated carbocycles. The molecule has 4 rings (SSSR count). The summed E-state index contributed by atoms with van der Waals surface area (Å²) in [6, 6.07) is 13.8. The Hall–Kier alpha value is -2.70. The van der Waals surface area contributed by atoms with Gasteiger partial charge in [0.1, 0.15) is 0 Å². The van der Waals surface area contributed by atoms with Gasteiger partial charge in [0.2, 0.25) is 0 Å². The summed E-state index contributed by atoms with van der Waals surface area (Å²) in [6.45, 7) is 2.49. The van der Waals surface area contributed by atoms with E-state index in [-0.39, 0.29) is 36.7 Å². The molecule has 3 amide bonds. The van der Waals surface area contributed by atoms with Crippen LogP contribution in [-0.2, 0) is 6.54 Å². The van der Waals surface area contributed by atoms with Crippen molar-refractivity contribution in [3.05, 3.63) is 70.8 Å². The van der Waals surface area contributed by atoms with Crippen molar-refractivity contribution < 1.29 is 14.4 Å². The fourth-order valence-electron chi connectivity index (χ4n) is 3.75. The summed E-state index contributed by atoms with van der Waals surface area (Å²) >= 11 is 0. The largest absolute Gasteiger partial charge is 0.345 e. The number of rotatable bonds is 6. The quantitative estimate of drug-likeness (QED) is 0.712. The van der Waals surface area contributed by atoms with Crippen LogP contribution in [0.2, 0.25) is 0 Å². The van der Waals surface area contributed by atoms with E-state index in [0.717, 1.165) is 18.4 Å². The zero-order chi connectivity index (χ0) is 19.9. The first kappa shape index (κ1) is 21.0. The van der Waals surface area contributed by atoms with E-state index in [1.807, 2.05) is 13.0 Å². The second-order valence-corrected chi connectivity index (χ2v) is 7.79. The summed E-state index contributed by atoms with van der Waals surface area (Å²) in [5.41, 5.74) is 7.54. The van der Waals surface area contributed by atoms with E-state index in [4.69, 9.17) is 5.73 Å². The molecule has 1 heterocycles. The van der Waals surface area contributed by atoms with Crippen LogP contribution in [0.3, 0.4) is 0 Å². The van der Waals surface area contributed by atoms with E-state index in [0.29, 0.717) is 29.2 Å². The Bertz CT molecular complexity index is 938. The van der Waals surface area contributed by atoms with Gasteiger partial charge in [-0.1, -0.05) is 24.3 Å². The van der Waals surface area contributed by atoms with Gasteiger partial charge in [-0.05, 0) is 55.5 Å². The average Bonchev–Trinajstić information content (AvgIpc) is 3.54. The standard InChI is InChI=1S/C22H23N3O3.ClH/c1-22(13-23,16-9-10-16)24-19(26)15-6-4-5-14(11-15)12-25-20(27)17-7-2-3-8-18(17)21(25)28;/h2-8,11,16H,9-10,12-13,23H2,1H3,(H,24,26);1H. The highest BCUT2D eigenvalue weighted by molar-refractivity contribution is 6.21. The number of carbonyl (C=O) groups excluding carboxylic acids is 3. The molecule has 0 bridgehead atoms. The van der Waals surface area contributed by atoms with E-state index < -0.39 is 5.54 Å². The predicted octanol–water partition coefficient (Wildman–Crippen LogP) is 2.76. The van der Waals surface area contributed by atoms with Crippen LogP contribution in [0.5, 0.6) is 0 Å². The van der Waals surface area contributed by atoms with E-state index >= 15 is 0 Å². The summed E-state index contributed by atoms with van der Waals surface area (Å²) in [5.74, 6) is -0.383. The van der Waals surface area contributed by atoms with E-state index in [2.05, 4.69) is 5.32 Å². The maximum Gasteiger partial charge on any atom is 0.261 e. The third-order valence-corrected chi connectivity index (χ3v) is 5.71. The summed E-state index contributed by atoms with van der Waals surface area (Å²) in [6.07, 6.45) is 2.15. The number of nitrogens with one attached hydrogen (secondary N) is 1. The Morgan fingerprint density at radius 1 is 1.10 bits per heavy atom. The molecule has 0 saturated heterocycles. The number of imide groups is 1. The molecule has 0 aromatic heterocycles. The summed E-state index contributed by atoms with van der Waals surface area (Å²) in [5, 5.41) is 3.06. The Morgan fingerprint density at radius 2 is 1.72 bits per heavy atom. The molecule has 2 aliphatic rings.